The zero-order chi connectivity index (χ0) is 18.4. The van der Waals surface area contributed by atoms with Gasteiger partial charge in [-0.05, 0) is 54.5 Å². The van der Waals surface area contributed by atoms with E-state index in [1.54, 1.807) is 20.3 Å². The van der Waals surface area contributed by atoms with Crippen molar-refractivity contribution in [3.63, 3.8) is 0 Å². The molecular formula is C18H20ClFN2O2S. The molecule has 0 fully saturated rings. The van der Waals surface area contributed by atoms with Gasteiger partial charge in [0.05, 0.1) is 25.3 Å². The van der Waals surface area contributed by atoms with Crippen LogP contribution >= 0.6 is 23.8 Å². The average Bonchev–Trinajstić information content (AvgIpc) is 2.62. The van der Waals surface area contributed by atoms with Gasteiger partial charge in [-0.1, -0.05) is 24.6 Å². The highest BCUT2D eigenvalue weighted by molar-refractivity contribution is 7.80. The van der Waals surface area contributed by atoms with Crippen molar-refractivity contribution in [2.45, 2.75) is 19.4 Å². The predicted octanol–water partition coefficient (Wildman–Crippen LogP) is 4.93. The van der Waals surface area contributed by atoms with Crippen LogP contribution < -0.4 is 20.1 Å². The van der Waals surface area contributed by atoms with Gasteiger partial charge in [0, 0.05) is 5.69 Å². The molecule has 134 valence electrons. The highest BCUT2D eigenvalue weighted by Crippen LogP contribution is 2.31. The SMILES string of the molecule is CCC(NC(=S)Nc1ccc(F)c(Cl)c1)c1ccc(OC)c(OC)c1. The highest BCUT2D eigenvalue weighted by atomic mass is 35.5. The van der Waals surface area contributed by atoms with Crippen LogP contribution in [0.2, 0.25) is 5.02 Å². The molecule has 0 aliphatic rings. The number of hydrogen-bond donors (Lipinski definition) is 2. The first kappa shape index (κ1) is 19.3. The second-order valence-electron chi connectivity index (χ2n) is 5.30. The van der Waals surface area contributed by atoms with Crippen molar-refractivity contribution in [1.82, 2.24) is 5.32 Å². The van der Waals surface area contributed by atoms with Crippen molar-refractivity contribution in [3.8, 4) is 11.5 Å². The molecule has 0 aliphatic heterocycles. The van der Waals surface area contributed by atoms with Crippen LogP contribution in [0.3, 0.4) is 0 Å². The Morgan fingerprint density at radius 1 is 1.16 bits per heavy atom. The van der Waals surface area contributed by atoms with E-state index in [2.05, 4.69) is 10.6 Å². The van der Waals surface area contributed by atoms with Crippen LogP contribution in [-0.4, -0.2) is 19.3 Å². The summed E-state index contributed by atoms with van der Waals surface area (Å²) in [7, 11) is 3.19. The third-order valence-electron chi connectivity index (χ3n) is 3.70. The molecule has 0 aromatic heterocycles. The van der Waals surface area contributed by atoms with Gasteiger partial charge in [0.15, 0.2) is 16.6 Å². The van der Waals surface area contributed by atoms with Crippen LogP contribution in [-0.2, 0) is 0 Å². The molecular weight excluding hydrogens is 363 g/mol. The molecule has 1 atom stereocenters. The van der Waals surface area contributed by atoms with Crippen LogP contribution in [0.15, 0.2) is 36.4 Å². The number of methoxy groups -OCH3 is 2. The second kappa shape index (κ2) is 8.87. The maximum Gasteiger partial charge on any atom is 0.171 e. The van der Waals surface area contributed by atoms with Crippen molar-refractivity contribution in [3.05, 3.63) is 52.8 Å². The molecule has 2 aromatic rings. The molecule has 2 N–H and O–H groups in total. The number of thiocarbonyl (C=S) groups is 1. The van der Waals surface area contributed by atoms with Gasteiger partial charge >= 0.3 is 0 Å². The fraction of sp³-hybridized carbons (Fsp3) is 0.278. The summed E-state index contributed by atoms with van der Waals surface area (Å²) in [6.45, 7) is 2.05. The van der Waals surface area contributed by atoms with Gasteiger partial charge in [0.25, 0.3) is 0 Å². The zero-order valence-corrected chi connectivity index (χ0v) is 15.8. The lowest BCUT2D eigenvalue weighted by atomic mass is 10.0. The van der Waals surface area contributed by atoms with Crippen molar-refractivity contribution in [1.29, 1.82) is 0 Å². The minimum atomic E-state index is -0.470. The number of hydrogen-bond acceptors (Lipinski definition) is 3. The number of benzene rings is 2. The molecule has 0 amide bonds. The molecule has 0 heterocycles. The summed E-state index contributed by atoms with van der Waals surface area (Å²) in [5, 5.41) is 6.71. The first-order valence-electron chi connectivity index (χ1n) is 7.73. The molecule has 0 aliphatic carbocycles. The van der Waals surface area contributed by atoms with Crippen molar-refractivity contribution in [2.24, 2.45) is 0 Å². The smallest absolute Gasteiger partial charge is 0.171 e. The van der Waals surface area contributed by atoms with Gasteiger partial charge in [-0.25, -0.2) is 4.39 Å². The summed E-state index contributed by atoms with van der Waals surface area (Å²) in [5.74, 6) is 0.857. The maximum absolute atomic E-state index is 13.2. The standard InChI is InChI=1S/C18H20ClFN2O2S/c1-4-15(11-5-8-16(23-2)17(9-11)24-3)22-18(25)21-12-6-7-14(20)13(19)10-12/h5-10,15H,4H2,1-3H3,(H2,21,22,25). The number of ether oxygens (including phenoxy) is 2. The predicted molar refractivity (Wildman–Crippen MR) is 103 cm³/mol. The van der Waals surface area contributed by atoms with E-state index in [4.69, 9.17) is 33.3 Å². The van der Waals surface area contributed by atoms with Gasteiger partial charge in [-0.15, -0.1) is 0 Å². The lowest BCUT2D eigenvalue weighted by Gasteiger charge is -2.21. The third-order valence-corrected chi connectivity index (χ3v) is 4.21. The fourth-order valence-corrected chi connectivity index (χ4v) is 2.83. The Labute approximate surface area is 157 Å². The largest absolute Gasteiger partial charge is 0.493 e. The molecule has 7 heteroatoms. The molecule has 2 aromatic carbocycles. The van der Waals surface area contributed by atoms with E-state index < -0.39 is 5.82 Å². The third kappa shape index (κ3) is 4.96. The summed E-state index contributed by atoms with van der Waals surface area (Å²) < 4.78 is 23.8. The van der Waals surface area contributed by atoms with E-state index in [9.17, 15) is 4.39 Å². The molecule has 0 spiro atoms. The van der Waals surface area contributed by atoms with Crippen LogP contribution in [0.4, 0.5) is 10.1 Å². The fourth-order valence-electron chi connectivity index (χ4n) is 2.39. The minimum Gasteiger partial charge on any atom is -0.493 e. The van der Waals surface area contributed by atoms with Crippen molar-refractivity contribution >= 4 is 34.6 Å². The van der Waals surface area contributed by atoms with E-state index >= 15 is 0 Å². The first-order valence-corrected chi connectivity index (χ1v) is 8.51. The van der Waals surface area contributed by atoms with Crippen LogP contribution in [0.5, 0.6) is 11.5 Å². The van der Waals surface area contributed by atoms with E-state index in [0.29, 0.717) is 22.3 Å². The molecule has 0 saturated carbocycles. The zero-order valence-electron chi connectivity index (χ0n) is 14.2. The van der Waals surface area contributed by atoms with Crippen LogP contribution in [0, 0.1) is 5.82 Å². The van der Waals surface area contributed by atoms with Gasteiger partial charge in [0.2, 0.25) is 0 Å². The topological polar surface area (TPSA) is 42.5 Å². The Bertz CT molecular complexity index is 758. The second-order valence-corrected chi connectivity index (χ2v) is 6.12. The molecule has 25 heavy (non-hydrogen) atoms. The van der Waals surface area contributed by atoms with Crippen LogP contribution in [0.1, 0.15) is 24.9 Å². The quantitative estimate of drug-likeness (QED) is 0.693. The minimum absolute atomic E-state index is 0.0178. The summed E-state index contributed by atoms with van der Waals surface area (Å²) in [5.41, 5.74) is 1.63. The van der Waals surface area contributed by atoms with Gasteiger partial charge in [-0.2, -0.15) is 0 Å². The Balaban J connectivity index is 2.10. The van der Waals surface area contributed by atoms with E-state index in [-0.39, 0.29) is 11.1 Å². The lowest BCUT2D eigenvalue weighted by molar-refractivity contribution is 0.354. The van der Waals surface area contributed by atoms with E-state index in [1.165, 1.54) is 12.1 Å². The molecule has 0 saturated heterocycles. The molecule has 2 rings (SSSR count). The summed E-state index contributed by atoms with van der Waals surface area (Å²) in [4.78, 5) is 0. The molecule has 0 radical (unpaired) electrons. The Morgan fingerprint density at radius 3 is 2.48 bits per heavy atom. The highest BCUT2D eigenvalue weighted by Gasteiger charge is 2.14. The van der Waals surface area contributed by atoms with Crippen LogP contribution in [0.25, 0.3) is 0 Å². The van der Waals surface area contributed by atoms with E-state index in [1.807, 2.05) is 25.1 Å². The first-order chi connectivity index (χ1) is 12.0. The Hall–Kier alpha value is -2.05. The van der Waals surface area contributed by atoms with Crippen molar-refractivity contribution in [2.75, 3.05) is 19.5 Å². The Kier molecular flexibility index (Phi) is 6.84. The lowest BCUT2D eigenvalue weighted by Crippen LogP contribution is -2.32. The number of halogens is 2. The Morgan fingerprint density at radius 2 is 1.88 bits per heavy atom. The van der Waals surface area contributed by atoms with Gasteiger partial charge in [-0.3, -0.25) is 0 Å². The number of rotatable bonds is 6. The number of anilines is 1. The van der Waals surface area contributed by atoms with E-state index in [0.717, 1.165) is 12.0 Å². The molecule has 1 unspecified atom stereocenters. The monoisotopic (exact) mass is 382 g/mol. The summed E-state index contributed by atoms with van der Waals surface area (Å²) in [6.07, 6.45) is 0.807. The average molecular weight is 383 g/mol. The van der Waals surface area contributed by atoms with Gasteiger partial charge < -0.3 is 20.1 Å². The number of nitrogens with one attached hydrogen (secondary N) is 2. The molecule has 4 nitrogen and oxygen atoms in total. The van der Waals surface area contributed by atoms with Crippen molar-refractivity contribution < 1.29 is 13.9 Å². The normalized spacial score (nSPS) is 11.6. The maximum atomic E-state index is 13.2. The summed E-state index contributed by atoms with van der Waals surface area (Å²) >= 11 is 11.1. The van der Waals surface area contributed by atoms with Gasteiger partial charge in [0.1, 0.15) is 5.82 Å². The molecule has 0 bridgehead atoms. The summed E-state index contributed by atoms with van der Waals surface area (Å²) in [6, 6.07) is 10.1.